The maximum Gasteiger partial charge on any atom is 0.237 e. The highest BCUT2D eigenvalue weighted by molar-refractivity contribution is 6.01. The zero-order valence-corrected chi connectivity index (χ0v) is 15.8. The van der Waals surface area contributed by atoms with Crippen LogP contribution in [-0.2, 0) is 15.6 Å². The number of hydrogen-bond acceptors (Lipinski definition) is 5. The summed E-state index contributed by atoms with van der Waals surface area (Å²) in [6.07, 6.45) is 1.19. The quantitative estimate of drug-likeness (QED) is 0.867. The average Bonchev–Trinajstić information content (AvgIpc) is 2.98. The summed E-state index contributed by atoms with van der Waals surface area (Å²) < 4.78 is 14.1. The van der Waals surface area contributed by atoms with E-state index < -0.39 is 22.1 Å². The second-order valence-corrected chi connectivity index (χ2v) is 8.14. The van der Waals surface area contributed by atoms with Gasteiger partial charge < -0.3 is 5.32 Å². The van der Waals surface area contributed by atoms with E-state index >= 15 is 0 Å². The Morgan fingerprint density at radius 1 is 1.07 bits per heavy atom. The summed E-state index contributed by atoms with van der Waals surface area (Å²) in [6, 6.07) is 9.82. The molecule has 6 nitrogen and oxygen atoms in total. The number of carbonyl (C=O) groups excluding carboxylic acids is 1. The lowest BCUT2D eigenvalue weighted by Crippen LogP contribution is -2.48. The summed E-state index contributed by atoms with van der Waals surface area (Å²) in [5.41, 5.74) is -1.14. The van der Waals surface area contributed by atoms with Gasteiger partial charge in [-0.1, -0.05) is 32.9 Å². The summed E-state index contributed by atoms with van der Waals surface area (Å²) in [5.74, 6) is -0.888. The van der Waals surface area contributed by atoms with Crippen LogP contribution in [0.5, 0.6) is 0 Å². The molecule has 1 amide bonds. The molecule has 2 aliphatic rings. The van der Waals surface area contributed by atoms with E-state index in [1.165, 1.54) is 12.1 Å². The number of amides is 1. The van der Waals surface area contributed by atoms with Crippen LogP contribution in [0.2, 0.25) is 0 Å². The van der Waals surface area contributed by atoms with E-state index in [1.54, 1.807) is 12.1 Å². The number of carbonyl (C=O) groups is 1. The van der Waals surface area contributed by atoms with E-state index in [0.717, 1.165) is 0 Å². The van der Waals surface area contributed by atoms with E-state index in [-0.39, 0.29) is 23.0 Å². The van der Waals surface area contributed by atoms with Gasteiger partial charge in [-0.2, -0.15) is 10.5 Å². The first-order chi connectivity index (χ1) is 13.2. The summed E-state index contributed by atoms with van der Waals surface area (Å²) in [5, 5.41) is 21.4. The number of nitrogens with zero attached hydrogens (tertiary/aromatic N) is 4. The van der Waals surface area contributed by atoms with Crippen molar-refractivity contribution in [3.05, 3.63) is 52.9 Å². The molecule has 1 N–H and O–H groups in total. The normalized spacial score (nSPS) is 26.2. The zero-order chi connectivity index (χ0) is 20.3. The van der Waals surface area contributed by atoms with Crippen molar-refractivity contribution in [2.24, 2.45) is 5.41 Å². The molecule has 0 saturated heterocycles. The highest BCUT2D eigenvalue weighted by atomic mass is 19.1. The Morgan fingerprint density at radius 3 is 2.29 bits per heavy atom. The number of hydrogen-bond donors (Lipinski definition) is 1. The summed E-state index contributed by atoms with van der Waals surface area (Å²) in [7, 11) is 0. The number of aromatic nitrogens is 2. The molecule has 4 rings (SSSR count). The maximum atomic E-state index is 14.1. The third-order valence-electron chi connectivity index (χ3n) is 6.99. The number of para-hydroxylation sites is 1. The fraction of sp³-hybridized carbons (Fsp3) is 0.381. The molecule has 0 aliphatic heterocycles. The van der Waals surface area contributed by atoms with Crippen molar-refractivity contribution in [2.75, 3.05) is 5.32 Å². The highest BCUT2D eigenvalue weighted by Crippen LogP contribution is 2.70. The molecule has 1 saturated carbocycles. The molecule has 2 bridgehead atoms. The molecule has 7 heteroatoms. The Labute approximate surface area is 162 Å². The number of halogens is 1. The van der Waals surface area contributed by atoms with Crippen LogP contribution in [-0.4, -0.2) is 15.9 Å². The van der Waals surface area contributed by atoms with Crippen LogP contribution >= 0.6 is 0 Å². The Balaban J connectivity index is 1.93. The Hall–Kier alpha value is -3.32. The molecular weight excluding hydrogens is 357 g/mol. The summed E-state index contributed by atoms with van der Waals surface area (Å²) >= 11 is 0. The minimum absolute atomic E-state index is 0.0320. The summed E-state index contributed by atoms with van der Waals surface area (Å²) in [6.45, 7) is 5.96. The molecule has 2 atom stereocenters. The number of nitrogens with one attached hydrogen (secondary N) is 1. The first kappa shape index (κ1) is 18.1. The predicted molar refractivity (Wildman–Crippen MR) is 98.5 cm³/mol. The average molecular weight is 375 g/mol. The first-order valence-electron chi connectivity index (χ1n) is 9.02. The molecule has 0 unspecified atom stereocenters. The van der Waals surface area contributed by atoms with Gasteiger partial charge >= 0.3 is 0 Å². The fourth-order valence-corrected chi connectivity index (χ4v) is 4.93. The van der Waals surface area contributed by atoms with E-state index in [4.69, 9.17) is 0 Å². The van der Waals surface area contributed by atoms with Crippen LogP contribution in [0.25, 0.3) is 0 Å². The van der Waals surface area contributed by atoms with Gasteiger partial charge in [0.1, 0.15) is 18.0 Å². The standard InChI is InChI=1S/C21H18FN5O/c1-19(2)20(3)8-9-21(19,18(28)27-13-7-5-4-6-12(13)22)17-16(20)25-14(10-23)15(11-24)26-17/h4-7H,8-9H2,1-3H3,(H,27,28)/t20-,21+/m0/s1. The van der Waals surface area contributed by atoms with Crippen LogP contribution in [0.15, 0.2) is 24.3 Å². The molecule has 2 aliphatic carbocycles. The fourth-order valence-electron chi connectivity index (χ4n) is 4.93. The zero-order valence-electron chi connectivity index (χ0n) is 15.8. The van der Waals surface area contributed by atoms with E-state index in [9.17, 15) is 19.7 Å². The van der Waals surface area contributed by atoms with Gasteiger partial charge in [-0.05, 0) is 30.4 Å². The lowest BCUT2D eigenvalue weighted by atomic mass is 9.63. The van der Waals surface area contributed by atoms with Crippen molar-refractivity contribution in [1.82, 2.24) is 9.97 Å². The molecule has 1 fully saturated rings. The lowest BCUT2D eigenvalue weighted by Gasteiger charge is -2.39. The molecule has 1 aromatic carbocycles. The second-order valence-electron chi connectivity index (χ2n) is 8.14. The third kappa shape index (κ3) is 1.91. The maximum absolute atomic E-state index is 14.1. The molecule has 0 radical (unpaired) electrons. The molecule has 1 aromatic heterocycles. The molecule has 28 heavy (non-hydrogen) atoms. The van der Waals surface area contributed by atoms with E-state index in [1.807, 2.05) is 32.9 Å². The largest absolute Gasteiger partial charge is 0.323 e. The van der Waals surface area contributed by atoms with Crippen LogP contribution in [0.1, 0.15) is 56.4 Å². The smallest absolute Gasteiger partial charge is 0.237 e. The number of benzene rings is 1. The highest BCUT2D eigenvalue weighted by Gasteiger charge is 2.73. The number of nitriles is 2. The van der Waals surface area contributed by atoms with Gasteiger partial charge in [-0.3, -0.25) is 4.79 Å². The van der Waals surface area contributed by atoms with E-state index in [0.29, 0.717) is 24.2 Å². The third-order valence-corrected chi connectivity index (χ3v) is 6.99. The van der Waals surface area contributed by atoms with Crippen molar-refractivity contribution < 1.29 is 9.18 Å². The minimum atomic E-state index is -1.06. The van der Waals surface area contributed by atoms with Gasteiger partial charge in [0.15, 0.2) is 11.4 Å². The van der Waals surface area contributed by atoms with Gasteiger partial charge in [0.25, 0.3) is 0 Å². The van der Waals surface area contributed by atoms with Crippen molar-refractivity contribution in [1.29, 1.82) is 10.5 Å². The second kappa shape index (κ2) is 5.59. The SMILES string of the molecule is CC1(C)[C@@]2(C)CC[C@]1(C(=O)Nc1ccccc1F)c1nc(C#N)c(C#N)nc12. The molecule has 1 heterocycles. The van der Waals surface area contributed by atoms with Crippen LogP contribution in [0.3, 0.4) is 0 Å². The molecule has 2 aromatic rings. The lowest BCUT2D eigenvalue weighted by molar-refractivity contribution is -0.125. The summed E-state index contributed by atoms with van der Waals surface area (Å²) in [4.78, 5) is 22.4. The number of fused-ring (bicyclic) bond motifs is 5. The van der Waals surface area contributed by atoms with Gasteiger partial charge in [-0.25, -0.2) is 14.4 Å². The Morgan fingerprint density at radius 2 is 1.68 bits per heavy atom. The van der Waals surface area contributed by atoms with Crippen LogP contribution in [0.4, 0.5) is 10.1 Å². The number of rotatable bonds is 2. The van der Waals surface area contributed by atoms with Crippen molar-refractivity contribution in [2.45, 2.75) is 44.4 Å². The van der Waals surface area contributed by atoms with Crippen molar-refractivity contribution >= 4 is 11.6 Å². The van der Waals surface area contributed by atoms with Gasteiger partial charge in [0.2, 0.25) is 5.91 Å². The Bertz CT molecular complexity index is 1110. The minimum Gasteiger partial charge on any atom is -0.323 e. The van der Waals surface area contributed by atoms with Crippen LogP contribution in [0, 0.1) is 33.9 Å². The molecular formula is C21H18FN5O. The van der Waals surface area contributed by atoms with Crippen LogP contribution < -0.4 is 5.32 Å². The van der Waals surface area contributed by atoms with Gasteiger partial charge in [-0.15, -0.1) is 0 Å². The molecule has 0 spiro atoms. The van der Waals surface area contributed by atoms with Crippen molar-refractivity contribution in [3.63, 3.8) is 0 Å². The first-order valence-corrected chi connectivity index (χ1v) is 9.02. The monoisotopic (exact) mass is 375 g/mol. The number of anilines is 1. The molecule has 140 valence electrons. The van der Waals surface area contributed by atoms with Gasteiger partial charge in [0, 0.05) is 5.41 Å². The van der Waals surface area contributed by atoms with Crippen molar-refractivity contribution in [3.8, 4) is 12.1 Å². The van der Waals surface area contributed by atoms with E-state index in [2.05, 4.69) is 15.3 Å². The Kier molecular flexibility index (Phi) is 3.61. The topological polar surface area (TPSA) is 102 Å². The predicted octanol–water partition coefficient (Wildman–Crippen LogP) is 3.33. The van der Waals surface area contributed by atoms with Gasteiger partial charge in [0.05, 0.1) is 22.5 Å².